The van der Waals surface area contributed by atoms with Gasteiger partial charge in [-0.05, 0) is 24.6 Å². The Hall–Kier alpha value is -2.50. The fraction of sp³-hybridized carbons (Fsp3) is 0.0909. The van der Waals surface area contributed by atoms with Crippen molar-refractivity contribution in [1.29, 1.82) is 0 Å². The zero-order valence-electron chi connectivity index (χ0n) is 8.99. The maximum atomic E-state index is 11.0. The number of nitrogens with zero attached hydrogens (tertiary/aromatic N) is 3. The number of hydrogen-bond donors (Lipinski definition) is 1. The molecule has 0 aliphatic heterocycles. The van der Waals surface area contributed by atoms with Gasteiger partial charge >= 0.3 is 5.97 Å². The molecule has 0 amide bonds. The lowest BCUT2D eigenvalue weighted by Crippen LogP contribution is -2.08. The zero-order valence-corrected chi connectivity index (χ0v) is 8.99. The van der Waals surface area contributed by atoms with Gasteiger partial charge in [-0.1, -0.05) is 0 Å². The first kappa shape index (κ1) is 11.0. The SMILES string of the molecule is Cc1cn(-c2ncccc2C(=O)O)nc1C=O. The Morgan fingerprint density at radius 1 is 1.53 bits per heavy atom. The Labute approximate surface area is 96.5 Å². The minimum absolute atomic E-state index is 0.0347. The van der Waals surface area contributed by atoms with Crippen molar-refractivity contribution in [1.82, 2.24) is 14.8 Å². The van der Waals surface area contributed by atoms with Crippen LogP contribution in [0.2, 0.25) is 0 Å². The van der Waals surface area contributed by atoms with E-state index in [0.717, 1.165) is 0 Å². The van der Waals surface area contributed by atoms with Crippen molar-refractivity contribution in [3.05, 3.63) is 41.3 Å². The summed E-state index contributed by atoms with van der Waals surface area (Å²) in [6.45, 7) is 1.72. The summed E-state index contributed by atoms with van der Waals surface area (Å²) in [5.74, 6) is -0.898. The number of aromatic carboxylic acids is 1. The van der Waals surface area contributed by atoms with E-state index in [1.54, 1.807) is 13.1 Å². The molecule has 6 nitrogen and oxygen atoms in total. The molecule has 2 aromatic heterocycles. The predicted molar refractivity (Wildman–Crippen MR) is 58.4 cm³/mol. The topological polar surface area (TPSA) is 85.1 Å². The van der Waals surface area contributed by atoms with Crippen LogP contribution in [0.3, 0.4) is 0 Å². The fourth-order valence-electron chi connectivity index (χ4n) is 1.44. The van der Waals surface area contributed by atoms with E-state index in [9.17, 15) is 9.59 Å². The van der Waals surface area contributed by atoms with Gasteiger partial charge in [-0.25, -0.2) is 14.5 Å². The number of carbonyl (C=O) groups excluding carboxylic acids is 1. The van der Waals surface area contributed by atoms with Gasteiger partial charge < -0.3 is 5.11 Å². The number of aryl methyl sites for hydroxylation is 1. The normalized spacial score (nSPS) is 10.2. The van der Waals surface area contributed by atoms with E-state index in [1.807, 2.05) is 0 Å². The molecule has 2 rings (SSSR count). The van der Waals surface area contributed by atoms with Crippen molar-refractivity contribution in [2.24, 2.45) is 0 Å². The molecule has 0 saturated heterocycles. The van der Waals surface area contributed by atoms with Crippen molar-refractivity contribution in [3.63, 3.8) is 0 Å². The first-order chi connectivity index (χ1) is 8.13. The Balaban J connectivity index is 2.59. The van der Waals surface area contributed by atoms with Crippen molar-refractivity contribution in [3.8, 4) is 5.82 Å². The molecule has 0 bridgehead atoms. The van der Waals surface area contributed by atoms with Crippen LogP contribution in [-0.2, 0) is 0 Å². The molecule has 0 aliphatic rings. The molecule has 1 N–H and O–H groups in total. The predicted octanol–water partition coefficient (Wildman–Crippen LogP) is 1.09. The van der Waals surface area contributed by atoms with Crippen LogP contribution in [0.4, 0.5) is 0 Å². The minimum Gasteiger partial charge on any atom is -0.478 e. The Morgan fingerprint density at radius 3 is 2.88 bits per heavy atom. The molecule has 0 atom stereocenters. The molecule has 0 saturated carbocycles. The molecule has 6 heteroatoms. The average Bonchev–Trinajstić information content (AvgIpc) is 2.70. The van der Waals surface area contributed by atoms with E-state index in [0.29, 0.717) is 11.8 Å². The molecule has 0 unspecified atom stereocenters. The summed E-state index contributed by atoms with van der Waals surface area (Å²) in [6, 6.07) is 2.96. The lowest BCUT2D eigenvalue weighted by molar-refractivity contribution is 0.0696. The highest BCUT2D eigenvalue weighted by Crippen LogP contribution is 2.13. The van der Waals surface area contributed by atoms with Gasteiger partial charge in [0.25, 0.3) is 0 Å². The molecule has 86 valence electrons. The van der Waals surface area contributed by atoms with E-state index < -0.39 is 5.97 Å². The third-order valence-electron chi connectivity index (χ3n) is 2.28. The summed E-state index contributed by atoms with van der Waals surface area (Å²) in [6.07, 6.45) is 3.66. The molecule has 17 heavy (non-hydrogen) atoms. The van der Waals surface area contributed by atoms with Crippen LogP contribution < -0.4 is 0 Å². The highest BCUT2D eigenvalue weighted by atomic mass is 16.4. The van der Waals surface area contributed by atoms with E-state index in [2.05, 4.69) is 10.1 Å². The van der Waals surface area contributed by atoms with Crippen molar-refractivity contribution in [2.45, 2.75) is 6.92 Å². The maximum Gasteiger partial charge on any atom is 0.339 e. The van der Waals surface area contributed by atoms with Crippen LogP contribution in [-0.4, -0.2) is 32.1 Å². The average molecular weight is 231 g/mol. The van der Waals surface area contributed by atoms with E-state index in [4.69, 9.17) is 5.11 Å². The minimum atomic E-state index is -1.09. The Morgan fingerprint density at radius 2 is 2.29 bits per heavy atom. The van der Waals surface area contributed by atoms with Gasteiger partial charge in [-0.15, -0.1) is 0 Å². The summed E-state index contributed by atoms with van der Waals surface area (Å²) < 4.78 is 1.29. The third-order valence-corrected chi connectivity index (χ3v) is 2.28. The number of hydrogen-bond acceptors (Lipinski definition) is 4. The standard InChI is InChI=1S/C11H9N3O3/c1-7-5-14(13-9(7)6-15)10-8(11(16)17)3-2-4-12-10/h2-6H,1H3,(H,16,17). The molecular weight excluding hydrogens is 222 g/mol. The molecule has 0 radical (unpaired) electrons. The van der Waals surface area contributed by atoms with Gasteiger partial charge in [0.2, 0.25) is 0 Å². The molecule has 2 heterocycles. The zero-order chi connectivity index (χ0) is 12.4. The van der Waals surface area contributed by atoms with Gasteiger partial charge in [0.15, 0.2) is 12.1 Å². The third kappa shape index (κ3) is 1.92. The quantitative estimate of drug-likeness (QED) is 0.799. The van der Waals surface area contributed by atoms with Crippen LogP contribution >= 0.6 is 0 Å². The summed E-state index contributed by atoms with van der Waals surface area (Å²) >= 11 is 0. The lowest BCUT2D eigenvalue weighted by atomic mass is 10.2. The first-order valence-electron chi connectivity index (χ1n) is 4.83. The number of rotatable bonds is 3. The van der Waals surface area contributed by atoms with E-state index in [-0.39, 0.29) is 17.1 Å². The number of aromatic nitrogens is 3. The Kier molecular flexibility index (Phi) is 2.70. The lowest BCUT2D eigenvalue weighted by Gasteiger charge is -2.03. The monoisotopic (exact) mass is 231 g/mol. The highest BCUT2D eigenvalue weighted by Gasteiger charge is 2.14. The summed E-state index contributed by atoms with van der Waals surface area (Å²) in [5.41, 5.74) is 0.974. The summed E-state index contributed by atoms with van der Waals surface area (Å²) in [4.78, 5) is 25.6. The van der Waals surface area contributed by atoms with Gasteiger partial charge in [-0.3, -0.25) is 4.79 Å². The van der Waals surface area contributed by atoms with Crippen LogP contribution in [0.15, 0.2) is 24.5 Å². The van der Waals surface area contributed by atoms with E-state index >= 15 is 0 Å². The second kappa shape index (κ2) is 4.17. The molecule has 0 fully saturated rings. The van der Waals surface area contributed by atoms with Gasteiger partial charge in [0, 0.05) is 12.4 Å². The number of pyridine rings is 1. The summed E-state index contributed by atoms with van der Waals surface area (Å²) in [5, 5.41) is 13.0. The highest BCUT2D eigenvalue weighted by molar-refractivity contribution is 5.91. The number of carboxylic acid groups (broad SMARTS) is 1. The first-order valence-corrected chi connectivity index (χ1v) is 4.83. The second-order valence-corrected chi connectivity index (χ2v) is 3.44. The van der Waals surface area contributed by atoms with Gasteiger partial charge in [0.05, 0.1) is 0 Å². The van der Waals surface area contributed by atoms with Gasteiger partial charge in [-0.2, -0.15) is 5.10 Å². The van der Waals surface area contributed by atoms with E-state index in [1.165, 1.54) is 23.0 Å². The molecule has 0 aromatic carbocycles. The largest absolute Gasteiger partial charge is 0.478 e. The number of carbonyl (C=O) groups is 2. The second-order valence-electron chi connectivity index (χ2n) is 3.44. The van der Waals surface area contributed by atoms with Crippen LogP contribution in [0, 0.1) is 6.92 Å². The number of aldehydes is 1. The number of carboxylic acids is 1. The van der Waals surface area contributed by atoms with Crippen molar-refractivity contribution < 1.29 is 14.7 Å². The molecular formula is C11H9N3O3. The molecule has 0 aliphatic carbocycles. The smallest absolute Gasteiger partial charge is 0.339 e. The fourth-order valence-corrected chi connectivity index (χ4v) is 1.44. The Bertz CT molecular complexity index is 589. The van der Waals surface area contributed by atoms with Crippen LogP contribution in [0.25, 0.3) is 5.82 Å². The molecule has 0 spiro atoms. The van der Waals surface area contributed by atoms with Crippen molar-refractivity contribution >= 4 is 12.3 Å². The van der Waals surface area contributed by atoms with Crippen LogP contribution in [0.1, 0.15) is 26.4 Å². The van der Waals surface area contributed by atoms with Crippen LogP contribution in [0.5, 0.6) is 0 Å². The molecule has 2 aromatic rings. The van der Waals surface area contributed by atoms with Crippen molar-refractivity contribution in [2.75, 3.05) is 0 Å². The summed E-state index contributed by atoms with van der Waals surface area (Å²) in [7, 11) is 0. The van der Waals surface area contributed by atoms with Gasteiger partial charge in [0.1, 0.15) is 11.3 Å². The maximum absolute atomic E-state index is 11.0.